The number of anilines is 2. The minimum atomic E-state index is 0.639. The predicted octanol–water partition coefficient (Wildman–Crippen LogP) is 1.27. The molecule has 2 aromatic rings. The highest BCUT2D eigenvalue weighted by molar-refractivity contribution is 5.90. The molecule has 5 nitrogen and oxygen atoms in total. The van der Waals surface area contributed by atoms with Crippen molar-refractivity contribution in [2.24, 2.45) is 0 Å². The topological polar surface area (TPSA) is 73.1 Å². The van der Waals surface area contributed by atoms with E-state index >= 15 is 0 Å². The van der Waals surface area contributed by atoms with E-state index < -0.39 is 0 Å². The Balaban J connectivity index is 2.30. The maximum atomic E-state index is 5.69. The number of hydrogen-bond acceptors (Lipinski definition) is 5. The van der Waals surface area contributed by atoms with Gasteiger partial charge < -0.3 is 15.8 Å². The lowest BCUT2D eigenvalue weighted by Crippen LogP contribution is -2.09. The number of nitrogens with one attached hydrogen (secondary N) is 1. The van der Waals surface area contributed by atoms with Gasteiger partial charge in [0.1, 0.15) is 12.1 Å². The maximum absolute atomic E-state index is 5.69. The second-order valence-electron chi connectivity index (χ2n) is 3.42. The summed E-state index contributed by atoms with van der Waals surface area (Å²) in [5.41, 5.74) is 7.24. The first-order valence-electron chi connectivity index (χ1n) is 5.04. The zero-order valence-corrected chi connectivity index (χ0v) is 9.10. The molecule has 84 valence electrons. The highest BCUT2D eigenvalue weighted by Crippen LogP contribution is 2.20. The van der Waals surface area contributed by atoms with Crippen LogP contribution in [0, 0.1) is 0 Å². The molecule has 0 atom stereocenters. The van der Waals surface area contributed by atoms with Gasteiger partial charge in [-0.3, -0.25) is 0 Å². The van der Waals surface area contributed by atoms with Crippen LogP contribution < -0.4 is 11.1 Å². The molecule has 0 saturated carbocycles. The van der Waals surface area contributed by atoms with Gasteiger partial charge in [0.05, 0.1) is 12.1 Å². The summed E-state index contributed by atoms with van der Waals surface area (Å²) in [5.74, 6) is 0.807. The molecule has 0 spiro atoms. The lowest BCUT2D eigenvalue weighted by molar-refractivity contribution is 0.210. The van der Waals surface area contributed by atoms with Crippen LogP contribution in [0.3, 0.4) is 0 Å². The Morgan fingerprint density at radius 3 is 3.06 bits per heavy atom. The molecule has 0 aliphatic heterocycles. The average Bonchev–Trinajstić information content (AvgIpc) is 2.29. The summed E-state index contributed by atoms with van der Waals surface area (Å²) in [7, 11) is 1.67. The second kappa shape index (κ2) is 4.76. The summed E-state index contributed by atoms with van der Waals surface area (Å²) in [6.07, 6.45) is 1.52. The summed E-state index contributed by atoms with van der Waals surface area (Å²) in [6.45, 7) is 1.35. The van der Waals surface area contributed by atoms with E-state index in [2.05, 4.69) is 15.3 Å². The van der Waals surface area contributed by atoms with Crippen LogP contribution >= 0.6 is 0 Å². The highest BCUT2D eigenvalue weighted by Gasteiger charge is 2.02. The van der Waals surface area contributed by atoms with Crippen molar-refractivity contribution in [1.82, 2.24) is 9.97 Å². The molecule has 5 heteroatoms. The summed E-state index contributed by atoms with van der Waals surface area (Å²) in [5, 5.41) is 4.16. The fraction of sp³-hybridized carbons (Fsp3) is 0.273. The fourth-order valence-electron chi connectivity index (χ4n) is 1.49. The molecule has 0 aliphatic rings. The molecule has 1 heterocycles. The predicted molar refractivity (Wildman–Crippen MR) is 64.3 cm³/mol. The number of aromatic nitrogens is 2. The number of nitrogens with two attached hydrogens (primary N) is 1. The van der Waals surface area contributed by atoms with Crippen LogP contribution in [0.1, 0.15) is 0 Å². The van der Waals surface area contributed by atoms with E-state index in [0.29, 0.717) is 18.8 Å². The molecule has 0 bridgehead atoms. The van der Waals surface area contributed by atoms with E-state index in [1.54, 1.807) is 7.11 Å². The van der Waals surface area contributed by atoms with Crippen LogP contribution in [0.15, 0.2) is 24.5 Å². The third kappa shape index (κ3) is 2.20. The zero-order valence-electron chi connectivity index (χ0n) is 9.10. The number of rotatable bonds is 4. The lowest BCUT2D eigenvalue weighted by atomic mass is 10.2. The van der Waals surface area contributed by atoms with Gasteiger partial charge in [-0.2, -0.15) is 0 Å². The Hall–Kier alpha value is -1.88. The third-order valence-electron chi connectivity index (χ3n) is 2.26. The van der Waals surface area contributed by atoms with Crippen LogP contribution in [-0.2, 0) is 4.74 Å². The van der Waals surface area contributed by atoms with Crippen molar-refractivity contribution < 1.29 is 4.74 Å². The van der Waals surface area contributed by atoms with Crippen LogP contribution in [0.4, 0.5) is 11.5 Å². The smallest absolute Gasteiger partial charge is 0.137 e. The third-order valence-corrected chi connectivity index (χ3v) is 2.26. The molecule has 0 saturated heterocycles. The molecule has 3 N–H and O–H groups in total. The van der Waals surface area contributed by atoms with Gasteiger partial charge in [-0.05, 0) is 18.2 Å². The Labute approximate surface area is 93.7 Å². The van der Waals surface area contributed by atoms with Crippen molar-refractivity contribution in [2.75, 3.05) is 31.3 Å². The van der Waals surface area contributed by atoms with Crippen molar-refractivity contribution in [3.05, 3.63) is 24.5 Å². The average molecular weight is 218 g/mol. The molecule has 1 aromatic carbocycles. The molecule has 0 radical (unpaired) electrons. The number of nitrogen functional groups attached to an aromatic ring is 1. The molecular formula is C11H14N4O. The first-order valence-corrected chi connectivity index (χ1v) is 5.04. The van der Waals surface area contributed by atoms with Crippen molar-refractivity contribution in [3.63, 3.8) is 0 Å². The van der Waals surface area contributed by atoms with Gasteiger partial charge in [0.15, 0.2) is 0 Å². The van der Waals surface area contributed by atoms with Crippen LogP contribution in [0.25, 0.3) is 10.9 Å². The van der Waals surface area contributed by atoms with Crippen molar-refractivity contribution >= 4 is 22.4 Å². The Morgan fingerprint density at radius 1 is 1.38 bits per heavy atom. The minimum absolute atomic E-state index is 0.639. The van der Waals surface area contributed by atoms with E-state index in [9.17, 15) is 0 Å². The van der Waals surface area contributed by atoms with Crippen molar-refractivity contribution in [1.29, 1.82) is 0 Å². The monoisotopic (exact) mass is 218 g/mol. The molecule has 0 aliphatic carbocycles. The largest absolute Gasteiger partial charge is 0.399 e. The first kappa shape index (κ1) is 10.6. The Bertz CT molecular complexity index is 486. The molecule has 1 aromatic heterocycles. The molecular weight excluding hydrogens is 204 g/mol. The first-order chi connectivity index (χ1) is 7.81. The highest BCUT2D eigenvalue weighted by atomic mass is 16.5. The van der Waals surface area contributed by atoms with E-state index in [0.717, 1.165) is 16.7 Å². The number of benzene rings is 1. The minimum Gasteiger partial charge on any atom is -0.399 e. The number of nitrogens with zero attached hydrogens (tertiary/aromatic N) is 2. The summed E-state index contributed by atoms with van der Waals surface area (Å²) >= 11 is 0. The van der Waals surface area contributed by atoms with E-state index in [1.165, 1.54) is 6.33 Å². The van der Waals surface area contributed by atoms with Crippen molar-refractivity contribution in [2.45, 2.75) is 0 Å². The van der Waals surface area contributed by atoms with Gasteiger partial charge in [0.25, 0.3) is 0 Å². The van der Waals surface area contributed by atoms with Gasteiger partial charge in [-0.1, -0.05) is 0 Å². The van der Waals surface area contributed by atoms with Gasteiger partial charge in [-0.25, -0.2) is 9.97 Å². The normalized spacial score (nSPS) is 10.6. The fourth-order valence-corrected chi connectivity index (χ4v) is 1.49. The standard InChI is InChI=1S/C11H14N4O/c1-16-5-4-13-11-9-3-2-8(12)6-10(9)14-7-15-11/h2-3,6-7H,4-5,12H2,1H3,(H,13,14,15). The molecule has 0 amide bonds. The SMILES string of the molecule is COCCNc1ncnc2cc(N)ccc12. The Morgan fingerprint density at radius 2 is 2.25 bits per heavy atom. The number of hydrogen-bond donors (Lipinski definition) is 2. The van der Waals surface area contributed by atoms with Gasteiger partial charge in [-0.15, -0.1) is 0 Å². The van der Waals surface area contributed by atoms with Crippen molar-refractivity contribution in [3.8, 4) is 0 Å². The Kier molecular flexibility index (Phi) is 3.16. The molecule has 0 unspecified atom stereocenters. The van der Waals surface area contributed by atoms with E-state index in [-0.39, 0.29) is 0 Å². The summed E-state index contributed by atoms with van der Waals surface area (Å²) in [4.78, 5) is 8.36. The maximum Gasteiger partial charge on any atom is 0.137 e. The van der Waals surface area contributed by atoms with Crippen LogP contribution in [0.2, 0.25) is 0 Å². The number of methoxy groups -OCH3 is 1. The quantitative estimate of drug-likeness (QED) is 0.597. The van der Waals surface area contributed by atoms with Crippen LogP contribution in [-0.4, -0.2) is 30.2 Å². The summed E-state index contributed by atoms with van der Waals surface area (Å²) < 4.78 is 4.97. The molecule has 16 heavy (non-hydrogen) atoms. The zero-order chi connectivity index (χ0) is 11.4. The van der Waals surface area contributed by atoms with Gasteiger partial charge >= 0.3 is 0 Å². The van der Waals surface area contributed by atoms with Gasteiger partial charge in [0.2, 0.25) is 0 Å². The van der Waals surface area contributed by atoms with E-state index in [4.69, 9.17) is 10.5 Å². The number of fused-ring (bicyclic) bond motifs is 1. The summed E-state index contributed by atoms with van der Waals surface area (Å²) in [6, 6.07) is 5.59. The van der Waals surface area contributed by atoms with Crippen LogP contribution in [0.5, 0.6) is 0 Å². The van der Waals surface area contributed by atoms with E-state index in [1.807, 2.05) is 18.2 Å². The second-order valence-corrected chi connectivity index (χ2v) is 3.42. The molecule has 2 rings (SSSR count). The number of ether oxygens (including phenoxy) is 1. The lowest BCUT2D eigenvalue weighted by Gasteiger charge is -2.07. The molecule has 0 fully saturated rings. The van der Waals surface area contributed by atoms with Gasteiger partial charge in [0, 0.05) is 24.7 Å².